The summed E-state index contributed by atoms with van der Waals surface area (Å²) in [5, 5.41) is 5.94. The average molecular weight is 286 g/mol. The van der Waals surface area contributed by atoms with Crippen LogP contribution in [0.15, 0.2) is 30.6 Å². The second-order valence-corrected chi connectivity index (χ2v) is 5.09. The second-order valence-electron chi connectivity index (χ2n) is 5.09. The molecule has 1 amide bonds. The van der Waals surface area contributed by atoms with Crippen LogP contribution in [0.4, 0.5) is 5.69 Å². The van der Waals surface area contributed by atoms with E-state index in [1.165, 1.54) is 0 Å². The van der Waals surface area contributed by atoms with Gasteiger partial charge in [-0.05, 0) is 58.1 Å². The number of rotatable bonds is 6. The maximum absolute atomic E-state index is 11.7. The molecule has 21 heavy (non-hydrogen) atoms. The van der Waals surface area contributed by atoms with Crippen molar-refractivity contribution >= 4 is 11.6 Å². The number of benzene rings is 1. The number of hydrogen-bond donors (Lipinski definition) is 2. The monoisotopic (exact) mass is 286 g/mol. The number of nitrogens with zero attached hydrogens (tertiary/aromatic N) is 2. The highest BCUT2D eigenvalue weighted by molar-refractivity contribution is 5.90. The Morgan fingerprint density at radius 3 is 2.52 bits per heavy atom. The van der Waals surface area contributed by atoms with E-state index < -0.39 is 0 Å². The van der Waals surface area contributed by atoms with E-state index in [1.54, 1.807) is 0 Å². The maximum Gasteiger partial charge on any atom is 0.224 e. The molecule has 2 aromatic rings. The fourth-order valence-electron chi connectivity index (χ4n) is 2.11. The number of aryl methyl sites for hydroxylation is 1. The lowest BCUT2D eigenvalue weighted by Crippen LogP contribution is -2.15. The van der Waals surface area contributed by atoms with Crippen molar-refractivity contribution < 1.29 is 4.79 Å². The van der Waals surface area contributed by atoms with Gasteiger partial charge in [-0.25, -0.2) is 4.98 Å². The molecular formula is C16H22N4O. The first-order valence-corrected chi connectivity index (χ1v) is 7.17. The van der Waals surface area contributed by atoms with Gasteiger partial charge in [0.2, 0.25) is 5.91 Å². The molecule has 0 aliphatic heterocycles. The third-order valence-electron chi connectivity index (χ3n) is 3.51. The molecule has 2 N–H and O–H groups in total. The van der Waals surface area contributed by atoms with Crippen molar-refractivity contribution in [3.63, 3.8) is 0 Å². The third kappa shape index (κ3) is 3.92. The SMILES string of the molecule is CNCCCC(=O)Nc1ccc(-n2cnc(C)c2C)cc1. The van der Waals surface area contributed by atoms with Gasteiger partial charge in [-0.2, -0.15) is 0 Å². The molecule has 0 spiro atoms. The fourth-order valence-corrected chi connectivity index (χ4v) is 2.11. The highest BCUT2D eigenvalue weighted by Crippen LogP contribution is 2.16. The fraction of sp³-hybridized carbons (Fsp3) is 0.375. The number of anilines is 1. The van der Waals surface area contributed by atoms with Crippen molar-refractivity contribution in [1.29, 1.82) is 0 Å². The maximum atomic E-state index is 11.7. The summed E-state index contributed by atoms with van der Waals surface area (Å²) in [5.41, 5.74) is 4.01. The Morgan fingerprint density at radius 1 is 1.24 bits per heavy atom. The van der Waals surface area contributed by atoms with Crippen molar-refractivity contribution in [2.45, 2.75) is 26.7 Å². The molecule has 5 nitrogen and oxygen atoms in total. The minimum Gasteiger partial charge on any atom is -0.326 e. The predicted octanol–water partition coefficient (Wildman–Crippen LogP) is 2.43. The third-order valence-corrected chi connectivity index (χ3v) is 3.51. The predicted molar refractivity (Wildman–Crippen MR) is 84.8 cm³/mol. The molecule has 0 atom stereocenters. The Bertz CT molecular complexity index is 601. The molecule has 0 saturated heterocycles. The van der Waals surface area contributed by atoms with Crippen molar-refractivity contribution in [1.82, 2.24) is 14.9 Å². The summed E-state index contributed by atoms with van der Waals surface area (Å²) in [7, 11) is 1.89. The van der Waals surface area contributed by atoms with Crippen LogP contribution < -0.4 is 10.6 Å². The average Bonchev–Trinajstić information content (AvgIpc) is 2.80. The standard InChI is InChI=1S/C16H22N4O/c1-12-13(2)20(11-18-12)15-8-6-14(7-9-15)19-16(21)5-4-10-17-3/h6-9,11,17H,4-5,10H2,1-3H3,(H,19,21). The van der Waals surface area contributed by atoms with Crippen molar-refractivity contribution in [3.8, 4) is 5.69 Å². The molecule has 0 aliphatic carbocycles. The molecule has 0 saturated carbocycles. The lowest BCUT2D eigenvalue weighted by Gasteiger charge is -2.08. The number of carbonyl (C=O) groups is 1. The Balaban J connectivity index is 1.99. The lowest BCUT2D eigenvalue weighted by molar-refractivity contribution is -0.116. The highest BCUT2D eigenvalue weighted by atomic mass is 16.1. The zero-order valence-electron chi connectivity index (χ0n) is 12.8. The van der Waals surface area contributed by atoms with E-state index in [9.17, 15) is 4.79 Å². The molecule has 0 radical (unpaired) electrons. The molecule has 1 aromatic heterocycles. The normalized spacial score (nSPS) is 10.6. The molecule has 1 aromatic carbocycles. The number of imidazole rings is 1. The van der Waals surface area contributed by atoms with Crippen molar-refractivity contribution in [2.75, 3.05) is 18.9 Å². The quantitative estimate of drug-likeness (QED) is 0.802. The number of aromatic nitrogens is 2. The smallest absolute Gasteiger partial charge is 0.224 e. The second kappa shape index (κ2) is 7.04. The zero-order chi connectivity index (χ0) is 15.2. The van der Waals surface area contributed by atoms with Gasteiger partial charge in [-0.15, -0.1) is 0 Å². The molecule has 0 fully saturated rings. The zero-order valence-corrected chi connectivity index (χ0v) is 12.8. The first-order valence-electron chi connectivity index (χ1n) is 7.17. The molecule has 0 aliphatic rings. The Hall–Kier alpha value is -2.14. The van der Waals surface area contributed by atoms with Gasteiger partial charge in [0, 0.05) is 23.5 Å². The number of amides is 1. The van der Waals surface area contributed by atoms with E-state index in [2.05, 4.69) is 15.6 Å². The number of carbonyl (C=O) groups excluding carboxylic acids is 1. The van der Waals surface area contributed by atoms with Crippen LogP contribution in [0.1, 0.15) is 24.2 Å². The molecule has 1 heterocycles. The van der Waals surface area contributed by atoms with Gasteiger partial charge in [0.1, 0.15) is 0 Å². The lowest BCUT2D eigenvalue weighted by atomic mass is 10.2. The molecule has 112 valence electrons. The van der Waals surface area contributed by atoms with Gasteiger partial charge < -0.3 is 15.2 Å². The summed E-state index contributed by atoms with van der Waals surface area (Å²) >= 11 is 0. The molecule has 5 heteroatoms. The van der Waals surface area contributed by atoms with E-state index in [-0.39, 0.29) is 5.91 Å². The molecule has 0 unspecified atom stereocenters. The van der Waals surface area contributed by atoms with Gasteiger partial charge in [0.15, 0.2) is 0 Å². The van der Waals surface area contributed by atoms with Crippen molar-refractivity contribution in [2.24, 2.45) is 0 Å². The highest BCUT2D eigenvalue weighted by Gasteiger charge is 2.05. The van der Waals surface area contributed by atoms with E-state index in [0.717, 1.165) is 35.7 Å². The van der Waals surface area contributed by atoms with Crippen molar-refractivity contribution in [3.05, 3.63) is 42.0 Å². The Kier molecular flexibility index (Phi) is 5.11. The molecule has 0 bridgehead atoms. The van der Waals surface area contributed by atoms with Crippen LogP contribution in [-0.4, -0.2) is 29.1 Å². The summed E-state index contributed by atoms with van der Waals surface area (Å²) in [5.74, 6) is 0.0488. The Morgan fingerprint density at radius 2 is 1.95 bits per heavy atom. The van der Waals surface area contributed by atoms with Gasteiger partial charge in [-0.3, -0.25) is 4.79 Å². The van der Waals surface area contributed by atoms with Crippen LogP contribution in [0.3, 0.4) is 0 Å². The van der Waals surface area contributed by atoms with Crippen LogP contribution in [0.25, 0.3) is 5.69 Å². The largest absolute Gasteiger partial charge is 0.326 e. The minimum atomic E-state index is 0.0488. The van der Waals surface area contributed by atoms with Gasteiger partial charge in [-0.1, -0.05) is 0 Å². The molecule has 2 rings (SSSR count). The van der Waals surface area contributed by atoms with E-state index in [1.807, 2.05) is 56.1 Å². The van der Waals surface area contributed by atoms with E-state index >= 15 is 0 Å². The van der Waals surface area contributed by atoms with Crippen LogP contribution in [-0.2, 0) is 4.79 Å². The molecular weight excluding hydrogens is 264 g/mol. The van der Waals surface area contributed by atoms with Crippen LogP contribution in [0.5, 0.6) is 0 Å². The minimum absolute atomic E-state index is 0.0488. The first kappa shape index (κ1) is 15.3. The summed E-state index contributed by atoms with van der Waals surface area (Å²) in [6.45, 7) is 4.89. The topological polar surface area (TPSA) is 59.0 Å². The van der Waals surface area contributed by atoms with E-state index in [0.29, 0.717) is 6.42 Å². The van der Waals surface area contributed by atoms with Gasteiger partial charge in [0.05, 0.1) is 12.0 Å². The summed E-state index contributed by atoms with van der Waals surface area (Å²) in [4.78, 5) is 16.0. The number of hydrogen-bond acceptors (Lipinski definition) is 3. The summed E-state index contributed by atoms with van der Waals surface area (Å²) in [6.07, 6.45) is 3.19. The summed E-state index contributed by atoms with van der Waals surface area (Å²) in [6, 6.07) is 7.80. The van der Waals surface area contributed by atoms with E-state index in [4.69, 9.17) is 0 Å². The number of nitrogens with one attached hydrogen (secondary N) is 2. The van der Waals surface area contributed by atoms with Crippen LogP contribution in [0.2, 0.25) is 0 Å². The first-order chi connectivity index (χ1) is 10.1. The van der Waals surface area contributed by atoms with Gasteiger partial charge >= 0.3 is 0 Å². The van der Waals surface area contributed by atoms with Crippen LogP contribution in [0, 0.1) is 13.8 Å². The van der Waals surface area contributed by atoms with Crippen LogP contribution >= 0.6 is 0 Å². The Labute approximate surface area is 125 Å². The van der Waals surface area contributed by atoms with Gasteiger partial charge in [0.25, 0.3) is 0 Å². The summed E-state index contributed by atoms with van der Waals surface area (Å²) < 4.78 is 2.04.